The van der Waals surface area contributed by atoms with Crippen molar-refractivity contribution in [3.63, 3.8) is 0 Å². The van der Waals surface area contributed by atoms with Crippen molar-refractivity contribution in [3.05, 3.63) is 113 Å². The highest BCUT2D eigenvalue weighted by atomic mass is 35.5. The molecule has 1 amide bonds. The number of rotatable bonds is 5. The summed E-state index contributed by atoms with van der Waals surface area (Å²) in [5, 5.41) is 0.653. The Morgan fingerprint density at radius 2 is 1.30 bits per heavy atom. The summed E-state index contributed by atoms with van der Waals surface area (Å²) < 4.78 is 0. The van der Waals surface area contributed by atoms with E-state index in [0.29, 0.717) is 18.1 Å². The van der Waals surface area contributed by atoms with Crippen LogP contribution in [0.5, 0.6) is 0 Å². The summed E-state index contributed by atoms with van der Waals surface area (Å²) in [4.78, 5) is 17.1. The van der Waals surface area contributed by atoms with Crippen LogP contribution in [0, 0.1) is 0 Å². The van der Waals surface area contributed by atoms with Crippen molar-refractivity contribution in [2.24, 2.45) is 0 Å². The molecular formula is C26H25ClN2O. The second-order valence-electron chi connectivity index (χ2n) is 7.44. The molecule has 1 aliphatic heterocycles. The van der Waals surface area contributed by atoms with Crippen molar-refractivity contribution < 1.29 is 4.79 Å². The molecule has 0 unspecified atom stereocenters. The van der Waals surface area contributed by atoms with Crippen LogP contribution in [-0.2, 0) is 4.79 Å². The molecule has 0 radical (unpaired) electrons. The molecule has 4 heteroatoms. The molecule has 3 aromatic carbocycles. The Bertz CT molecular complexity index is 956. The average molecular weight is 417 g/mol. The van der Waals surface area contributed by atoms with Crippen LogP contribution in [0.2, 0.25) is 5.02 Å². The Kier molecular flexibility index (Phi) is 6.63. The fraction of sp³-hybridized carbons (Fsp3) is 0.192. The molecule has 4 rings (SSSR count). The highest BCUT2D eigenvalue weighted by Gasteiger charge is 2.27. The van der Waals surface area contributed by atoms with Crippen molar-refractivity contribution in [1.82, 2.24) is 9.80 Å². The molecule has 1 aliphatic rings. The molecule has 30 heavy (non-hydrogen) atoms. The topological polar surface area (TPSA) is 23.6 Å². The molecule has 0 atom stereocenters. The smallest absolute Gasteiger partial charge is 0.246 e. The fourth-order valence-electron chi connectivity index (χ4n) is 3.96. The van der Waals surface area contributed by atoms with Gasteiger partial charge in [-0.25, -0.2) is 0 Å². The number of halogens is 1. The summed E-state index contributed by atoms with van der Waals surface area (Å²) in [7, 11) is 0. The van der Waals surface area contributed by atoms with E-state index in [-0.39, 0.29) is 11.9 Å². The van der Waals surface area contributed by atoms with Crippen LogP contribution in [0.3, 0.4) is 0 Å². The van der Waals surface area contributed by atoms with Crippen molar-refractivity contribution in [1.29, 1.82) is 0 Å². The van der Waals surface area contributed by atoms with Crippen LogP contribution >= 0.6 is 11.6 Å². The van der Waals surface area contributed by atoms with E-state index in [0.717, 1.165) is 18.7 Å². The van der Waals surface area contributed by atoms with E-state index >= 15 is 0 Å². The number of nitrogens with zero attached hydrogens (tertiary/aromatic N) is 2. The Morgan fingerprint density at radius 3 is 1.87 bits per heavy atom. The molecule has 0 saturated carbocycles. The lowest BCUT2D eigenvalue weighted by Gasteiger charge is -2.39. The fourth-order valence-corrected chi connectivity index (χ4v) is 4.16. The van der Waals surface area contributed by atoms with E-state index in [4.69, 9.17) is 11.6 Å². The van der Waals surface area contributed by atoms with Crippen molar-refractivity contribution >= 4 is 23.6 Å². The van der Waals surface area contributed by atoms with Crippen molar-refractivity contribution in [2.45, 2.75) is 6.04 Å². The Labute approximate surface area is 183 Å². The minimum absolute atomic E-state index is 0.0329. The zero-order chi connectivity index (χ0) is 20.8. The van der Waals surface area contributed by atoms with E-state index in [1.807, 2.05) is 41.3 Å². The predicted molar refractivity (Wildman–Crippen MR) is 123 cm³/mol. The molecule has 3 nitrogen and oxygen atoms in total. The highest BCUT2D eigenvalue weighted by Crippen LogP contribution is 2.29. The zero-order valence-corrected chi connectivity index (χ0v) is 17.6. The van der Waals surface area contributed by atoms with Gasteiger partial charge in [0.05, 0.1) is 6.04 Å². The van der Waals surface area contributed by atoms with Gasteiger partial charge in [-0.2, -0.15) is 0 Å². The SMILES string of the molecule is O=C(/C=C/c1ccccc1Cl)N1CCN(C(c2ccccc2)c2ccccc2)CC1. The number of carbonyl (C=O) groups is 1. The summed E-state index contributed by atoms with van der Waals surface area (Å²) in [5.41, 5.74) is 3.42. The zero-order valence-electron chi connectivity index (χ0n) is 16.8. The quantitative estimate of drug-likeness (QED) is 0.528. The number of hydrogen-bond donors (Lipinski definition) is 0. The number of piperazine rings is 1. The van der Waals surface area contributed by atoms with E-state index in [9.17, 15) is 4.79 Å². The molecule has 0 aliphatic carbocycles. The van der Waals surface area contributed by atoms with Crippen molar-refractivity contribution in [2.75, 3.05) is 26.2 Å². The molecular weight excluding hydrogens is 392 g/mol. The molecule has 3 aromatic rings. The lowest BCUT2D eigenvalue weighted by molar-refractivity contribution is -0.127. The summed E-state index contributed by atoms with van der Waals surface area (Å²) in [6.07, 6.45) is 3.43. The summed E-state index contributed by atoms with van der Waals surface area (Å²) in [6.45, 7) is 3.09. The normalized spacial score (nSPS) is 15.1. The maximum absolute atomic E-state index is 12.7. The van der Waals surface area contributed by atoms with Crippen LogP contribution in [-0.4, -0.2) is 41.9 Å². The molecule has 0 aromatic heterocycles. The van der Waals surface area contributed by atoms with Crippen LogP contribution in [0.25, 0.3) is 6.08 Å². The third kappa shape index (κ3) is 4.81. The maximum atomic E-state index is 12.7. The van der Waals surface area contributed by atoms with Gasteiger partial charge in [-0.1, -0.05) is 90.5 Å². The summed E-state index contributed by atoms with van der Waals surface area (Å²) >= 11 is 6.18. The molecule has 0 bridgehead atoms. The van der Waals surface area contributed by atoms with E-state index in [1.165, 1.54) is 11.1 Å². The molecule has 152 valence electrons. The Balaban J connectivity index is 1.44. The van der Waals surface area contributed by atoms with Crippen LogP contribution in [0.1, 0.15) is 22.7 Å². The van der Waals surface area contributed by atoms with Gasteiger partial charge in [0.2, 0.25) is 5.91 Å². The van der Waals surface area contributed by atoms with E-state index < -0.39 is 0 Å². The number of carbonyl (C=O) groups excluding carboxylic acids is 1. The Hall–Kier alpha value is -2.88. The first-order chi connectivity index (χ1) is 14.7. The van der Waals surface area contributed by atoms with Crippen molar-refractivity contribution in [3.8, 4) is 0 Å². The van der Waals surface area contributed by atoms with Crippen LogP contribution in [0.15, 0.2) is 91.0 Å². The van der Waals surface area contributed by atoms with E-state index in [2.05, 4.69) is 53.4 Å². The Morgan fingerprint density at radius 1 is 0.767 bits per heavy atom. The minimum atomic E-state index is 0.0329. The molecule has 1 heterocycles. The van der Waals surface area contributed by atoms with Crippen LogP contribution < -0.4 is 0 Å². The lowest BCUT2D eigenvalue weighted by Crippen LogP contribution is -2.49. The first-order valence-corrected chi connectivity index (χ1v) is 10.7. The van der Waals surface area contributed by atoms with E-state index in [1.54, 1.807) is 12.2 Å². The first-order valence-electron chi connectivity index (χ1n) is 10.3. The average Bonchev–Trinajstić information content (AvgIpc) is 2.80. The van der Waals surface area contributed by atoms with Gasteiger partial charge in [0, 0.05) is 37.3 Å². The molecule has 1 fully saturated rings. The minimum Gasteiger partial charge on any atom is -0.337 e. The monoisotopic (exact) mass is 416 g/mol. The number of benzene rings is 3. The molecule has 0 N–H and O–H groups in total. The molecule has 1 saturated heterocycles. The van der Waals surface area contributed by atoms with Crippen LogP contribution in [0.4, 0.5) is 0 Å². The number of hydrogen-bond acceptors (Lipinski definition) is 2. The largest absolute Gasteiger partial charge is 0.337 e. The highest BCUT2D eigenvalue weighted by molar-refractivity contribution is 6.32. The van der Waals surface area contributed by atoms with Gasteiger partial charge in [-0.15, -0.1) is 0 Å². The first kappa shape index (κ1) is 20.4. The third-order valence-corrected chi connectivity index (χ3v) is 5.88. The third-order valence-electron chi connectivity index (χ3n) is 5.53. The second kappa shape index (κ2) is 9.75. The predicted octanol–water partition coefficient (Wildman–Crippen LogP) is 5.29. The van der Waals surface area contributed by atoms with Gasteiger partial charge < -0.3 is 4.90 Å². The van der Waals surface area contributed by atoms with Gasteiger partial charge in [0.1, 0.15) is 0 Å². The standard InChI is InChI=1S/C26H25ClN2O/c27-24-14-8-7-9-21(24)15-16-25(30)28-17-19-29(20-18-28)26(22-10-3-1-4-11-22)23-12-5-2-6-13-23/h1-16,26H,17-20H2/b16-15+. The summed E-state index contributed by atoms with van der Waals surface area (Å²) in [5.74, 6) is 0.0329. The van der Waals surface area contributed by atoms with Gasteiger partial charge in [0.15, 0.2) is 0 Å². The van der Waals surface area contributed by atoms with Gasteiger partial charge in [0.25, 0.3) is 0 Å². The summed E-state index contributed by atoms with van der Waals surface area (Å²) in [6, 6.07) is 28.9. The maximum Gasteiger partial charge on any atom is 0.246 e. The second-order valence-corrected chi connectivity index (χ2v) is 7.85. The molecule has 0 spiro atoms. The van der Waals surface area contributed by atoms with Gasteiger partial charge >= 0.3 is 0 Å². The van der Waals surface area contributed by atoms with Gasteiger partial charge in [-0.3, -0.25) is 9.69 Å². The number of amides is 1. The lowest BCUT2D eigenvalue weighted by atomic mass is 9.96. The van der Waals surface area contributed by atoms with Gasteiger partial charge in [-0.05, 0) is 28.8 Å².